The van der Waals surface area contributed by atoms with Crippen LogP contribution in [0, 0.1) is 5.82 Å². The number of carbonyl (C=O) groups is 1. The van der Waals surface area contributed by atoms with Crippen molar-refractivity contribution in [1.29, 1.82) is 0 Å². The van der Waals surface area contributed by atoms with Crippen LogP contribution in [0.15, 0.2) is 36.7 Å². The molecule has 128 valence electrons. The van der Waals surface area contributed by atoms with Crippen molar-refractivity contribution in [2.24, 2.45) is 0 Å². The number of hydrogen-bond acceptors (Lipinski definition) is 4. The van der Waals surface area contributed by atoms with Gasteiger partial charge in [0.25, 0.3) is 5.91 Å². The Balaban J connectivity index is 1.65. The number of aryl methyl sites for hydroxylation is 1. The molecule has 0 unspecified atom stereocenters. The Morgan fingerprint density at radius 3 is 2.72 bits per heavy atom. The molecule has 0 aliphatic heterocycles. The number of amides is 1. The Labute approximate surface area is 143 Å². The van der Waals surface area contributed by atoms with Crippen LogP contribution in [0.25, 0.3) is 5.69 Å². The van der Waals surface area contributed by atoms with Gasteiger partial charge in [0.05, 0.1) is 23.3 Å². The van der Waals surface area contributed by atoms with Gasteiger partial charge in [-0.15, -0.1) is 5.10 Å². The fourth-order valence-electron chi connectivity index (χ4n) is 2.74. The summed E-state index contributed by atoms with van der Waals surface area (Å²) in [6.45, 7) is 2.70. The summed E-state index contributed by atoms with van der Waals surface area (Å²) in [6.07, 6.45) is 5.34. The van der Waals surface area contributed by atoms with Gasteiger partial charge >= 0.3 is 0 Å². The Hall–Kier alpha value is -3.03. The fraction of sp³-hybridized carbons (Fsp3) is 0.294. The lowest BCUT2D eigenvalue weighted by Crippen LogP contribution is -2.15. The first-order valence-electron chi connectivity index (χ1n) is 8.21. The van der Waals surface area contributed by atoms with Gasteiger partial charge in [-0.1, -0.05) is 5.21 Å². The number of carbonyl (C=O) groups excluding carboxylic acids is 1. The summed E-state index contributed by atoms with van der Waals surface area (Å²) in [5.41, 5.74) is 2.38. The molecule has 2 heterocycles. The van der Waals surface area contributed by atoms with Crippen LogP contribution in [-0.4, -0.2) is 30.7 Å². The molecule has 1 amide bonds. The van der Waals surface area contributed by atoms with Gasteiger partial charge in [-0.25, -0.2) is 9.07 Å². The number of hydrogen-bond donors (Lipinski definition) is 1. The maximum atomic E-state index is 13.2. The van der Waals surface area contributed by atoms with E-state index in [0.29, 0.717) is 17.1 Å². The zero-order valence-electron chi connectivity index (χ0n) is 13.7. The first kappa shape index (κ1) is 15.5. The van der Waals surface area contributed by atoms with Crippen LogP contribution in [0.4, 0.5) is 10.1 Å². The number of nitrogens with zero attached hydrogens (tertiary/aromatic N) is 5. The van der Waals surface area contributed by atoms with Crippen LogP contribution < -0.4 is 5.32 Å². The van der Waals surface area contributed by atoms with Gasteiger partial charge in [0.2, 0.25) is 0 Å². The number of halogens is 1. The van der Waals surface area contributed by atoms with Gasteiger partial charge < -0.3 is 5.32 Å². The maximum absolute atomic E-state index is 13.2. The fourth-order valence-corrected chi connectivity index (χ4v) is 2.74. The van der Waals surface area contributed by atoms with E-state index in [0.717, 1.165) is 25.1 Å². The molecule has 4 rings (SSSR count). The molecule has 3 aromatic rings. The minimum Gasteiger partial charge on any atom is -0.318 e. The van der Waals surface area contributed by atoms with Gasteiger partial charge in [-0.3, -0.25) is 9.48 Å². The third kappa shape index (κ3) is 3.02. The SMILES string of the molecule is CCn1cc(NC(=O)c2nnn(-c3ccc(F)cc3)c2C2CC2)cn1. The lowest BCUT2D eigenvalue weighted by Gasteiger charge is -2.07. The second-order valence-electron chi connectivity index (χ2n) is 6.02. The first-order valence-corrected chi connectivity index (χ1v) is 8.21. The molecule has 0 radical (unpaired) electrons. The normalized spacial score (nSPS) is 13.8. The van der Waals surface area contributed by atoms with E-state index in [1.165, 1.54) is 12.1 Å². The second-order valence-corrected chi connectivity index (χ2v) is 6.02. The van der Waals surface area contributed by atoms with Crippen LogP contribution in [0.1, 0.15) is 41.9 Å². The van der Waals surface area contributed by atoms with Gasteiger partial charge in [0.1, 0.15) is 5.82 Å². The molecule has 0 atom stereocenters. The predicted octanol–water partition coefficient (Wildman–Crippen LogP) is 2.75. The van der Waals surface area contributed by atoms with E-state index in [4.69, 9.17) is 0 Å². The van der Waals surface area contributed by atoms with E-state index in [9.17, 15) is 9.18 Å². The largest absolute Gasteiger partial charge is 0.318 e. The van der Waals surface area contributed by atoms with Crippen molar-refractivity contribution in [2.45, 2.75) is 32.2 Å². The Bertz CT molecular complexity index is 910. The molecule has 1 fully saturated rings. The van der Waals surface area contributed by atoms with Crippen molar-refractivity contribution in [2.75, 3.05) is 5.32 Å². The van der Waals surface area contributed by atoms with E-state index >= 15 is 0 Å². The predicted molar refractivity (Wildman–Crippen MR) is 89.1 cm³/mol. The Kier molecular flexibility index (Phi) is 3.79. The van der Waals surface area contributed by atoms with E-state index in [1.54, 1.807) is 33.9 Å². The third-order valence-corrected chi connectivity index (χ3v) is 4.17. The number of anilines is 1. The molecule has 7 nitrogen and oxygen atoms in total. The molecule has 0 spiro atoms. The Morgan fingerprint density at radius 2 is 2.08 bits per heavy atom. The van der Waals surface area contributed by atoms with Crippen molar-refractivity contribution >= 4 is 11.6 Å². The minimum atomic E-state index is -0.317. The molecular formula is C17H17FN6O. The molecule has 1 aromatic carbocycles. The van der Waals surface area contributed by atoms with Crippen molar-refractivity contribution in [3.05, 3.63) is 53.9 Å². The molecule has 1 saturated carbocycles. The van der Waals surface area contributed by atoms with E-state index in [1.807, 2.05) is 6.92 Å². The highest BCUT2D eigenvalue weighted by atomic mass is 19.1. The first-order chi connectivity index (χ1) is 12.2. The highest BCUT2D eigenvalue weighted by molar-refractivity contribution is 6.03. The number of aromatic nitrogens is 5. The number of nitrogens with one attached hydrogen (secondary N) is 1. The molecular weight excluding hydrogens is 323 g/mol. The van der Waals surface area contributed by atoms with Crippen LogP contribution >= 0.6 is 0 Å². The van der Waals surface area contributed by atoms with Gasteiger partial charge in [-0.05, 0) is 44.0 Å². The standard InChI is InChI=1S/C17H17FN6O/c1-2-23-10-13(9-19-23)20-17(25)15-16(11-3-4-11)24(22-21-15)14-7-5-12(18)6-8-14/h5-11H,2-4H2,1H3,(H,20,25). The summed E-state index contributed by atoms with van der Waals surface area (Å²) >= 11 is 0. The van der Waals surface area contributed by atoms with E-state index in [-0.39, 0.29) is 17.6 Å². The molecule has 0 saturated heterocycles. The van der Waals surface area contributed by atoms with Crippen molar-refractivity contribution in [3.63, 3.8) is 0 Å². The summed E-state index contributed by atoms with van der Waals surface area (Å²) in [5, 5.41) is 15.2. The third-order valence-electron chi connectivity index (χ3n) is 4.17. The van der Waals surface area contributed by atoms with E-state index in [2.05, 4.69) is 20.7 Å². The van der Waals surface area contributed by atoms with Gasteiger partial charge in [-0.2, -0.15) is 5.10 Å². The topological polar surface area (TPSA) is 77.6 Å². The van der Waals surface area contributed by atoms with Crippen molar-refractivity contribution < 1.29 is 9.18 Å². The summed E-state index contributed by atoms with van der Waals surface area (Å²) in [7, 11) is 0. The zero-order valence-corrected chi connectivity index (χ0v) is 13.7. The van der Waals surface area contributed by atoms with Gasteiger partial charge in [0.15, 0.2) is 5.69 Å². The summed E-state index contributed by atoms with van der Waals surface area (Å²) in [5.74, 6) is -0.382. The smallest absolute Gasteiger partial charge is 0.278 e. The number of benzene rings is 1. The molecule has 2 aromatic heterocycles. The maximum Gasteiger partial charge on any atom is 0.278 e. The molecule has 25 heavy (non-hydrogen) atoms. The highest BCUT2D eigenvalue weighted by Gasteiger charge is 2.34. The molecule has 1 aliphatic carbocycles. The Morgan fingerprint density at radius 1 is 1.32 bits per heavy atom. The van der Waals surface area contributed by atoms with E-state index < -0.39 is 0 Å². The average molecular weight is 340 g/mol. The number of rotatable bonds is 5. The quantitative estimate of drug-likeness (QED) is 0.775. The lowest BCUT2D eigenvalue weighted by molar-refractivity contribution is 0.102. The average Bonchev–Trinajstić information content (AvgIpc) is 3.19. The van der Waals surface area contributed by atoms with Crippen LogP contribution in [0.5, 0.6) is 0 Å². The minimum absolute atomic E-state index is 0.249. The molecule has 1 N–H and O–H groups in total. The van der Waals surface area contributed by atoms with Crippen LogP contribution in [0.3, 0.4) is 0 Å². The zero-order chi connectivity index (χ0) is 17.4. The summed E-state index contributed by atoms with van der Waals surface area (Å²) in [4.78, 5) is 12.6. The summed E-state index contributed by atoms with van der Waals surface area (Å²) in [6, 6.07) is 5.99. The van der Waals surface area contributed by atoms with Crippen LogP contribution in [0.2, 0.25) is 0 Å². The lowest BCUT2D eigenvalue weighted by atomic mass is 10.2. The molecule has 0 bridgehead atoms. The van der Waals surface area contributed by atoms with Crippen molar-refractivity contribution in [1.82, 2.24) is 24.8 Å². The summed E-state index contributed by atoms with van der Waals surface area (Å²) < 4.78 is 16.5. The van der Waals surface area contributed by atoms with Crippen molar-refractivity contribution in [3.8, 4) is 5.69 Å². The van der Waals surface area contributed by atoms with Gasteiger partial charge in [0, 0.05) is 18.7 Å². The molecule has 1 aliphatic rings. The molecule has 8 heteroatoms. The monoisotopic (exact) mass is 340 g/mol. The van der Waals surface area contributed by atoms with Crippen LogP contribution in [-0.2, 0) is 6.54 Å². The second kappa shape index (κ2) is 6.12. The highest BCUT2D eigenvalue weighted by Crippen LogP contribution is 2.42.